The number of piperidine rings is 1. The first-order valence-corrected chi connectivity index (χ1v) is 9.37. The van der Waals surface area contributed by atoms with Crippen molar-refractivity contribution in [2.24, 2.45) is 11.3 Å². The van der Waals surface area contributed by atoms with E-state index in [0.717, 1.165) is 17.5 Å². The van der Waals surface area contributed by atoms with Crippen molar-refractivity contribution in [1.29, 1.82) is 0 Å². The molecule has 0 saturated carbocycles. The van der Waals surface area contributed by atoms with Crippen LogP contribution in [0.4, 0.5) is 5.69 Å². The van der Waals surface area contributed by atoms with E-state index in [1.165, 1.54) is 6.08 Å². The number of aromatic nitrogens is 1. The van der Waals surface area contributed by atoms with Crippen molar-refractivity contribution >= 4 is 28.6 Å². The van der Waals surface area contributed by atoms with Gasteiger partial charge in [-0.2, -0.15) is 0 Å². The van der Waals surface area contributed by atoms with Gasteiger partial charge in [0.1, 0.15) is 5.52 Å². The van der Waals surface area contributed by atoms with E-state index < -0.39 is 0 Å². The molecule has 0 unspecified atom stereocenters. The predicted octanol–water partition coefficient (Wildman–Crippen LogP) is 3.78. The van der Waals surface area contributed by atoms with Gasteiger partial charge in [-0.05, 0) is 42.5 Å². The third kappa shape index (κ3) is 4.76. The van der Waals surface area contributed by atoms with Crippen LogP contribution in [0, 0.1) is 11.3 Å². The topological polar surface area (TPSA) is 75.4 Å². The molecule has 0 spiro atoms. The summed E-state index contributed by atoms with van der Waals surface area (Å²) in [6, 6.07) is 5.53. The van der Waals surface area contributed by atoms with E-state index in [2.05, 4.69) is 37.7 Å². The second-order valence-electron chi connectivity index (χ2n) is 8.32. The largest absolute Gasteiger partial charge is 0.441 e. The molecule has 1 saturated heterocycles. The highest BCUT2D eigenvalue weighted by atomic mass is 16.3. The zero-order valence-electron chi connectivity index (χ0n) is 16.2. The maximum Gasteiger partial charge on any atom is 0.245 e. The van der Waals surface area contributed by atoms with E-state index in [4.69, 9.17) is 4.42 Å². The third-order valence-electron chi connectivity index (χ3n) is 4.73. The second-order valence-corrected chi connectivity index (χ2v) is 8.32. The molecule has 0 radical (unpaired) electrons. The summed E-state index contributed by atoms with van der Waals surface area (Å²) in [5.74, 6) is 0.526. The number of carbonyl (C=O) groups excluding carboxylic acids is 2. The monoisotopic (exact) mass is 369 g/mol. The zero-order valence-corrected chi connectivity index (χ0v) is 16.2. The lowest BCUT2D eigenvalue weighted by Crippen LogP contribution is -2.40. The average molecular weight is 369 g/mol. The van der Waals surface area contributed by atoms with Crippen LogP contribution < -0.4 is 5.32 Å². The summed E-state index contributed by atoms with van der Waals surface area (Å²) in [6.07, 6.45) is 3.40. The van der Waals surface area contributed by atoms with Gasteiger partial charge in [-0.1, -0.05) is 27.4 Å². The normalized spacial score (nSPS) is 15.7. The van der Waals surface area contributed by atoms with Gasteiger partial charge in [0.05, 0.1) is 0 Å². The Kier molecular flexibility index (Phi) is 5.35. The Labute approximate surface area is 159 Å². The number of fused-ring (bicyclic) bond motifs is 1. The number of anilines is 1. The van der Waals surface area contributed by atoms with Crippen LogP contribution in [0.1, 0.15) is 39.5 Å². The molecule has 2 heterocycles. The lowest BCUT2D eigenvalue weighted by Gasteiger charge is -2.30. The molecule has 0 aliphatic carbocycles. The Bertz CT molecular complexity index is 855. The van der Waals surface area contributed by atoms with Crippen molar-refractivity contribution in [2.45, 2.75) is 40.0 Å². The van der Waals surface area contributed by atoms with Gasteiger partial charge in [0.15, 0.2) is 11.5 Å². The highest BCUT2D eigenvalue weighted by Gasteiger charge is 2.26. The molecular weight excluding hydrogens is 342 g/mol. The average Bonchev–Trinajstić information content (AvgIpc) is 3.00. The van der Waals surface area contributed by atoms with Gasteiger partial charge in [-0.3, -0.25) is 9.59 Å². The summed E-state index contributed by atoms with van der Waals surface area (Å²) in [4.78, 5) is 30.5. The van der Waals surface area contributed by atoms with Crippen LogP contribution in [-0.2, 0) is 16.0 Å². The third-order valence-corrected chi connectivity index (χ3v) is 4.73. The Hall–Kier alpha value is -2.63. The number of oxazole rings is 1. The fourth-order valence-electron chi connectivity index (χ4n) is 3.32. The molecule has 1 aliphatic rings. The van der Waals surface area contributed by atoms with Crippen molar-refractivity contribution in [3.05, 3.63) is 36.7 Å². The molecule has 27 heavy (non-hydrogen) atoms. The van der Waals surface area contributed by atoms with E-state index in [-0.39, 0.29) is 23.1 Å². The van der Waals surface area contributed by atoms with Crippen molar-refractivity contribution < 1.29 is 14.0 Å². The molecule has 2 aromatic rings. The van der Waals surface area contributed by atoms with Crippen LogP contribution in [0.2, 0.25) is 0 Å². The standard InChI is InChI=1S/C21H27N3O3/c1-5-19(25)24-10-8-14(9-11-24)20(26)22-15-6-7-17-16(12-15)23-18(27-17)13-21(2,3)4/h5-7,12,14H,1,8-11,13H2,2-4H3,(H,22,26). The van der Waals surface area contributed by atoms with E-state index in [0.29, 0.717) is 37.5 Å². The van der Waals surface area contributed by atoms with E-state index in [1.54, 1.807) is 4.90 Å². The van der Waals surface area contributed by atoms with Gasteiger partial charge in [0.2, 0.25) is 11.8 Å². The van der Waals surface area contributed by atoms with E-state index >= 15 is 0 Å². The minimum Gasteiger partial charge on any atom is -0.441 e. The molecule has 1 aromatic carbocycles. The minimum absolute atomic E-state index is 0.0153. The van der Waals surface area contributed by atoms with Crippen LogP contribution in [0.3, 0.4) is 0 Å². The van der Waals surface area contributed by atoms with Crippen LogP contribution in [-0.4, -0.2) is 34.8 Å². The Balaban J connectivity index is 1.63. The molecule has 0 bridgehead atoms. The highest BCUT2D eigenvalue weighted by molar-refractivity contribution is 5.94. The molecule has 0 atom stereocenters. The SMILES string of the molecule is C=CC(=O)N1CCC(C(=O)Nc2ccc3oc(CC(C)(C)C)nc3c2)CC1. The number of hydrogen-bond donors (Lipinski definition) is 1. The zero-order chi connectivity index (χ0) is 19.6. The van der Waals surface area contributed by atoms with E-state index in [9.17, 15) is 9.59 Å². The Morgan fingerprint density at radius 2 is 2.04 bits per heavy atom. The van der Waals surface area contributed by atoms with Gasteiger partial charge in [-0.25, -0.2) is 4.98 Å². The molecular formula is C21H27N3O3. The maximum absolute atomic E-state index is 12.6. The number of nitrogens with one attached hydrogen (secondary N) is 1. The van der Waals surface area contributed by atoms with Gasteiger partial charge in [0, 0.05) is 31.1 Å². The van der Waals surface area contributed by atoms with Crippen molar-refractivity contribution in [3.8, 4) is 0 Å². The first-order chi connectivity index (χ1) is 12.7. The molecule has 6 heteroatoms. The number of likely N-dealkylation sites (tertiary alicyclic amines) is 1. The van der Waals surface area contributed by atoms with Gasteiger partial charge in [0.25, 0.3) is 0 Å². The van der Waals surface area contributed by atoms with E-state index in [1.807, 2.05) is 18.2 Å². The summed E-state index contributed by atoms with van der Waals surface area (Å²) in [5.41, 5.74) is 2.29. The fourth-order valence-corrected chi connectivity index (χ4v) is 3.32. The molecule has 1 aromatic heterocycles. The molecule has 2 amide bonds. The lowest BCUT2D eigenvalue weighted by atomic mass is 9.92. The lowest BCUT2D eigenvalue weighted by molar-refractivity contribution is -0.130. The first-order valence-electron chi connectivity index (χ1n) is 9.37. The smallest absolute Gasteiger partial charge is 0.245 e. The summed E-state index contributed by atoms with van der Waals surface area (Å²) >= 11 is 0. The van der Waals surface area contributed by atoms with Gasteiger partial charge >= 0.3 is 0 Å². The first kappa shape index (κ1) is 19.1. The summed E-state index contributed by atoms with van der Waals surface area (Å²) in [5, 5.41) is 2.98. The van der Waals surface area contributed by atoms with Gasteiger partial charge in [-0.15, -0.1) is 0 Å². The fraction of sp³-hybridized carbons (Fsp3) is 0.476. The number of carbonyl (C=O) groups is 2. The minimum atomic E-state index is -0.0941. The number of benzene rings is 1. The summed E-state index contributed by atoms with van der Waals surface area (Å²) < 4.78 is 5.80. The predicted molar refractivity (Wildman–Crippen MR) is 105 cm³/mol. The van der Waals surface area contributed by atoms with Gasteiger partial charge < -0.3 is 14.6 Å². The van der Waals surface area contributed by atoms with Crippen LogP contribution in [0.25, 0.3) is 11.1 Å². The molecule has 6 nitrogen and oxygen atoms in total. The molecule has 1 fully saturated rings. The number of hydrogen-bond acceptors (Lipinski definition) is 4. The van der Waals surface area contributed by atoms with Crippen LogP contribution in [0.5, 0.6) is 0 Å². The number of amides is 2. The van der Waals surface area contributed by atoms with Crippen molar-refractivity contribution in [2.75, 3.05) is 18.4 Å². The van der Waals surface area contributed by atoms with Crippen LogP contribution >= 0.6 is 0 Å². The molecule has 1 aliphatic heterocycles. The molecule has 1 N–H and O–H groups in total. The highest BCUT2D eigenvalue weighted by Crippen LogP contribution is 2.26. The summed E-state index contributed by atoms with van der Waals surface area (Å²) in [6.45, 7) is 11.1. The number of rotatable bonds is 4. The summed E-state index contributed by atoms with van der Waals surface area (Å²) in [7, 11) is 0. The maximum atomic E-state index is 12.6. The second kappa shape index (κ2) is 7.55. The van der Waals surface area contributed by atoms with Crippen molar-refractivity contribution in [3.63, 3.8) is 0 Å². The quantitative estimate of drug-likeness (QED) is 0.832. The number of nitrogens with zero attached hydrogens (tertiary/aromatic N) is 2. The Morgan fingerprint density at radius 3 is 2.67 bits per heavy atom. The Morgan fingerprint density at radius 1 is 1.33 bits per heavy atom. The van der Waals surface area contributed by atoms with Crippen LogP contribution in [0.15, 0.2) is 35.3 Å². The molecule has 3 rings (SSSR count). The molecule has 144 valence electrons. The van der Waals surface area contributed by atoms with Crippen molar-refractivity contribution in [1.82, 2.24) is 9.88 Å².